The van der Waals surface area contributed by atoms with Crippen LogP contribution >= 0.6 is 0 Å². The van der Waals surface area contributed by atoms with E-state index in [0.717, 1.165) is 31.4 Å². The van der Waals surface area contributed by atoms with Crippen LogP contribution in [0, 0.1) is 5.92 Å². The van der Waals surface area contributed by atoms with Gasteiger partial charge in [0.05, 0.1) is 6.54 Å². The Labute approximate surface area is 102 Å². The van der Waals surface area contributed by atoms with Crippen LogP contribution in [-0.4, -0.2) is 33.3 Å². The quantitative estimate of drug-likeness (QED) is 0.858. The molecule has 1 atom stereocenters. The van der Waals surface area contributed by atoms with E-state index in [-0.39, 0.29) is 0 Å². The molecule has 94 valence electrons. The first-order valence-electron chi connectivity index (χ1n) is 6.90. The highest BCUT2D eigenvalue weighted by atomic mass is 15.6. The summed E-state index contributed by atoms with van der Waals surface area (Å²) in [5.74, 6) is 2.19. The van der Waals surface area contributed by atoms with Crippen LogP contribution in [-0.2, 0) is 6.54 Å². The molecule has 5 heteroatoms. The van der Waals surface area contributed by atoms with Gasteiger partial charge >= 0.3 is 0 Å². The number of aromatic nitrogens is 4. The highest BCUT2D eigenvalue weighted by Gasteiger charge is 2.21. The molecule has 0 amide bonds. The van der Waals surface area contributed by atoms with Crippen molar-refractivity contribution in [1.29, 1.82) is 0 Å². The Morgan fingerprint density at radius 3 is 2.82 bits per heavy atom. The van der Waals surface area contributed by atoms with E-state index in [2.05, 4.69) is 20.7 Å². The Balaban J connectivity index is 1.60. The second-order valence-corrected chi connectivity index (χ2v) is 5.40. The topological polar surface area (TPSA) is 55.6 Å². The second-order valence-electron chi connectivity index (χ2n) is 5.40. The third kappa shape index (κ3) is 2.65. The lowest BCUT2D eigenvalue weighted by atomic mass is 9.99. The Hall–Kier alpha value is -0.970. The molecule has 1 saturated carbocycles. The van der Waals surface area contributed by atoms with Crippen molar-refractivity contribution < 1.29 is 0 Å². The molecule has 0 aromatic carbocycles. The molecular weight excluding hydrogens is 214 g/mol. The fourth-order valence-corrected chi connectivity index (χ4v) is 2.99. The van der Waals surface area contributed by atoms with Gasteiger partial charge in [-0.05, 0) is 43.4 Å². The van der Waals surface area contributed by atoms with Crippen LogP contribution < -0.4 is 5.32 Å². The van der Waals surface area contributed by atoms with Crippen molar-refractivity contribution in [3.8, 4) is 0 Å². The number of hydrogen-bond acceptors (Lipinski definition) is 4. The molecule has 0 spiro atoms. The molecular formula is C12H21N5. The molecule has 1 aromatic heterocycles. The molecule has 0 radical (unpaired) electrons. The van der Waals surface area contributed by atoms with Gasteiger partial charge in [0.1, 0.15) is 0 Å². The van der Waals surface area contributed by atoms with E-state index >= 15 is 0 Å². The second kappa shape index (κ2) is 5.12. The number of piperidine rings is 1. The molecule has 1 N–H and O–H groups in total. The third-order valence-electron chi connectivity index (χ3n) is 4.03. The van der Waals surface area contributed by atoms with Crippen molar-refractivity contribution in [2.24, 2.45) is 5.92 Å². The molecule has 3 rings (SSSR count). The van der Waals surface area contributed by atoms with E-state index in [1.165, 1.54) is 38.5 Å². The van der Waals surface area contributed by atoms with Crippen LogP contribution in [0.1, 0.15) is 50.3 Å². The zero-order valence-electron chi connectivity index (χ0n) is 10.3. The van der Waals surface area contributed by atoms with Crippen molar-refractivity contribution in [2.45, 2.75) is 51.0 Å². The molecule has 2 fully saturated rings. The van der Waals surface area contributed by atoms with Gasteiger partial charge in [0.25, 0.3) is 0 Å². The van der Waals surface area contributed by atoms with Crippen LogP contribution in [0.2, 0.25) is 0 Å². The van der Waals surface area contributed by atoms with Gasteiger partial charge in [0.15, 0.2) is 5.82 Å². The molecule has 1 unspecified atom stereocenters. The normalized spacial score (nSPS) is 26.5. The zero-order valence-corrected chi connectivity index (χ0v) is 10.3. The first kappa shape index (κ1) is 11.1. The summed E-state index contributed by atoms with van der Waals surface area (Å²) < 4.78 is 0. The van der Waals surface area contributed by atoms with Crippen LogP contribution in [0.15, 0.2) is 0 Å². The molecule has 2 heterocycles. The fraction of sp³-hybridized carbons (Fsp3) is 0.917. The lowest BCUT2D eigenvalue weighted by Gasteiger charge is -2.19. The summed E-state index contributed by atoms with van der Waals surface area (Å²) in [6.45, 7) is 3.11. The first-order valence-corrected chi connectivity index (χ1v) is 6.90. The number of tetrazole rings is 1. The summed E-state index contributed by atoms with van der Waals surface area (Å²) in [7, 11) is 0. The highest BCUT2D eigenvalue weighted by Crippen LogP contribution is 2.26. The maximum atomic E-state index is 4.55. The summed E-state index contributed by atoms with van der Waals surface area (Å²) in [5.41, 5.74) is 0. The van der Waals surface area contributed by atoms with E-state index in [1.807, 2.05) is 4.80 Å². The lowest BCUT2D eigenvalue weighted by molar-refractivity contribution is 0.385. The smallest absolute Gasteiger partial charge is 0.179 e. The van der Waals surface area contributed by atoms with Gasteiger partial charge in [-0.3, -0.25) is 0 Å². The standard InChI is InChI=1S/C12H21N5/c1-2-5-10(4-1)9-17-15-12(14-16-17)11-6-3-7-13-8-11/h10-11,13H,1-9H2. The largest absolute Gasteiger partial charge is 0.316 e. The summed E-state index contributed by atoms with van der Waals surface area (Å²) in [4.78, 5) is 1.82. The van der Waals surface area contributed by atoms with Crippen LogP contribution in [0.25, 0.3) is 0 Å². The van der Waals surface area contributed by atoms with Crippen LogP contribution in [0.5, 0.6) is 0 Å². The minimum Gasteiger partial charge on any atom is -0.316 e. The summed E-state index contributed by atoms with van der Waals surface area (Å²) in [5, 5.41) is 16.4. The van der Waals surface area contributed by atoms with Gasteiger partial charge in [-0.2, -0.15) is 4.80 Å². The summed E-state index contributed by atoms with van der Waals surface area (Å²) in [6.07, 6.45) is 7.84. The predicted octanol–water partition coefficient (Wildman–Crippen LogP) is 1.33. The summed E-state index contributed by atoms with van der Waals surface area (Å²) in [6, 6.07) is 0. The summed E-state index contributed by atoms with van der Waals surface area (Å²) >= 11 is 0. The van der Waals surface area contributed by atoms with Gasteiger partial charge in [-0.1, -0.05) is 12.8 Å². The Kier molecular flexibility index (Phi) is 3.36. The van der Waals surface area contributed by atoms with Crippen LogP contribution in [0.3, 0.4) is 0 Å². The highest BCUT2D eigenvalue weighted by molar-refractivity contribution is 4.94. The van der Waals surface area contributed by atoms with E-state index in [1.54, 1.807) is 0 Å². The van der Waals surface area contributed by atoms with Crippen molar-refractivity contribution >= 4 is 0 Å². The van der Waals surface area contributed by atoms with Gasteiger partial charge in [-0.25, -0.2) is 0 Å². The van der Waals surface area contributed by atoms with Crippen molar-refractivity contribution in [1.82, 2.24) is 25.5 Å². The molecule has 1 saturated heterocycles. The molecule has 1 aliphatic heterocycles. The minimum atomic E-state index is 0.473. The Bertz CT molecular complexity index is 350. The zero-order chi connectivity index (χ0) is 11.5. The SMILES string of the molecule is C1CCC(Cn2nnc(C3CCCNC3)n2)C1. The molecule has 17 heavy (non-hydrogen) atoms. The number of rotatable bonds is 3. The van der Waals surface area contributed by atoms with E-state index in [4.69, 9.17) is 0 Å². The van der Waals surface area contributed by atoms with Gasteiger partial charge in [0.2, 0.25) is 0 Å². The minimum absolute atomic E-state index is 0.473. The molecule has 0 bridgehead atoms. The molecule has 2 aliphatic rings. The Morgan fingerprint density at radius 2 is 2.06 bits per heavy atom. The number of hydrogen-bond donors (Lipinski definition) is 1. The Morgan fingerprint density at radius 1 is 1.18 bits per heavy atom. The maximum Gasteiger partial charge on any atom is 0.179 e. The number of nitrogens with zero attached hydrogens (tertiary/aromatic N) is 4. The molecule has 5 nitrogen and oxygen atoms in total. The van der Waals surface area contributed by atoms with E-state index in [0.29, 0.717) is 5.92 Å². The van der Waals surface area contributed by atoms with Crippen molar-refractivity contribution in [3.05, 3.63) is 5.82 Å². The van der Waals surface area contributed by atoms with Crippen LogP contribution in [0.4, 0.5) is 0 Å². The van der Waals surface area contributed by atoms with E-state index in [9.17, 15) is 0 Å². The maximum absolute atomic E-state index is 4.55. The van der Waals surface area contributed by atoms with E-state index < -0.39 is 0 Å². The number of nitrogens with one attached hydrogen (secondary N) is 1. The third-order valence-corrected chi connectivity index (χ3v) is 4.03. The molecule has 1 aromatic rings. The molecule has 1 aliphatic carbocycles. The average Bonchev–Trinajstić information content (AvgIpc) is 3.02. The first-order chi connectivity index (χ1) is 8.42. The fourth-order valence-electron chi connectivity index (χ4n) is 2.99. The van der Waals surface area contributed by atoms with Gasteiger partial charge in [0, 0.05) is 12.5 Å². The van der Waals surface area contributed by atoms with Crippen molar-refractivity contribution in [3.63, 3.8) is 0 Å². The average molecular weight is 235 g/mol. The van der Waals surface area contributed by atoms with Gasteiger partial charge in [-0.15, -0.1) is 10.2 Å². The monoisotopic (exact) mass is 235 g/mol. The lowest BCUT2D eigenvalue weighted by Crippen LogP contribution is -2.29. The van der Waals surface area contributed by atoms with Gasteiger partial charge < -0.3 is 5.32 Å². The predicted molar refractivity (Wildman–Crippen MR) is 64.6 cm³/mol. The van der Waals surface area contributed by atoms with Crippen molar-refractivity contribution in [2.75, 3.05) is 13.1 Å².